The molecule has 0 aliphatic rings. The summed E-state index contributed by atoms with van der Waals surface area (Å²) in [5.41, 5.74) is 3.10. The first kappa shape index (κ1) is 19.2. The standard InChI is InChI=1S/C19H36PS/c1-6-9-12-20(13-10-7-2,14-11-8-3)15-19-18(5)17(4)16-21-19/h16H,6-15H2,1-5H3/q+1. The minimum Gasteiger partial charge on any atom is -0.145 e. The van der Waals surface area contributed by atoms with Crippen molar-refractivity contribution in [1.29, 1.82) is 0 Å². The summed E-state index contributed by atoms with van der Waals surface area (Å²) in [6.45, 7) is 11.7. The van der Waals surface area contributed by atoms with E-state index in [2.05, 4.69) is 40.0 Å². The fourth-order valence-electron chi connectivity index (χ4n) is 3.07. The maximum Gasteiger partial charge on any atom is 0.0937 e. The van der Waals surface area contributed by atoms with Gasteiger partial charge in [-0.15, -0.1) is 11.3 Å². The lowest BCUT2D eigenvalue weighted by atomic mass is 10.2. The van der Waals surface area contributed by atoms with Crippen LogP contribution in [0.4, 0.5) is 0 Å². The SMILES string of the molecule is CCCC[P+](CCCC)(CCCC)Cc1scc(C)c1C. The summed E-state index contributed by atoms with van der Waals surface area (Å²) in [6, 6.07) is 0. The zero-order valence-electron chi connectivity index (χ0n) is 15.0. The third-order valence-corrected chi connectivity index (χ3v) is 11.0. The van der Waals surface area contributed by atoms with Crippen molar-refractivity contribution in [1.82, 2.24) is 0 Å². The summed E-state index contributed by atoms with van der Waals surface area (Å²) in [4.78, 5) is 1.71. The first-order valence-electron chi connectivity index (χ1n) is 8.97. The maximum absolute atomic E-state index is 2.37. The van der Waals surface area contributed by atoms with Crippen LogP contribution in [0.25, 0.3) is 0 Å². The van der Waals surface area contributed by atoms with Gasteiger partial charge in [-0.2, -0.15) is 0 Å². The van der Waals surface area contributed by atoms with Crippen LogP contribution in [-0.2, 0) is 6.16 Å². The van der Waals surface area contributed by atoms with Crippen LogP contribution in [0.1, 0.15) is 75.3 Å². The second-order valence-corrected chi connectivity index (χ2v) is 12.0. The summed E-state index contributed by atoms with van der Waals surface area (Å²) >= 11 is 2.03. The molecule has 0 saturated carbocycles. The summed E-state index contributed by atoms with van der Waals surface area (Å²) in [7, 11) is -0.771. The van der Waals surface area contributed by atoms with Gasteiger partial charge in [0.1, 0.15) is 0 Å². The molecule has 122 valence electrons. The highest BCUT2D eigenvalue weighted by Gasteiger charge is 2.36. The van der Waals surface area contributed by atoms with E-state index in [9.17, 15) is 0 Å². The van der Waals surface area contributed by atoms with Crippen LogP contribution in [0.3, 0.4) is 0 Å². The molecule has 0 atom stereocenters. The summed E-state index contributed by atoms with van der Waals surface area (Å²) in [5, 5.41) is 2.37. The van der Waals surface area contributed by atoms with E-state index in [1.54, 1.807) is 28.9 Å². The van der Waals surface area contributed by atoms with Gasteiger partial charge in [-0.1, -0.05) is 40.0 Å². The van der Waals surface area contributed by atoms with Crippen LogP contribution in [-0.4, -0.2) is 18.5 Å². The molecule has 0 N–H and O–H groups in total. The zero-order valence-corrected chi connectivity index (χ0v) is 16.7. The summed E-state index contributed by atoms with van der Waals surface area (Å²) < 4.78 is 0. The molecule has 0 fully saturated rings. The van der Waals surface area contributed by atoms with Gasteiger partial charge >= 0.3 is 0 Å². The van der Waals surface area contributed by atoms with E-state index in [4.69, 9.17) is 0 Å². The molecule has 21 heavy (non-hydrogen) atoms. The second-order valence-electron chi connectivity index (χ2n) is 6.70. The van der Waals surface area contributed by atoms with Gasteiger partial charge in [-0.05, 0) is 49.6 Å². The topological polar surface area (TPSA) is 0 Å². The molecular weight excluding hydrogens is 291 g/mol. The van der Waals surface area contributed by atoms with Crippen LogP contribution >= 0.6 is 18.6 Å². The lowest BCUT2D eigenvalue weighted by Crippen LogP contribution is -2.11. The second kappa shape index (κ2) is 10.0. The van der Waals surface area contributed by atoms with E-state index in [0.29, 0.717) is 0 Å². The fraction of sp³-hybridized carbons (Fsp3) is 0.789. The highest BCUT2D eigenvalue weighted by atomic mass is 32.1. The highest BCUT2D eigenvalue weighted by molar-refractivity contribution is 7.75. The van der Waals surface area contributed by atoms with Gasteiger partial charge in [0.25, 0.3) is 0 Å². The Bertz CT molecular complexity index is 372. The normalized spacial score (nSPS) is 12.0. The van der Waals surface area contributed by atoms with Gasteiger partial charge in [0, 0.05) is 12.1 Å². The first-order chi connectivity index (χ1) is 10.1. The van der Waals surface area contributed by atoms with Crippen molar-refractivity contribution in [3.63, 3.8) is 0 Å². The number of hydrogen-bond acceptors (Lipinski definition) is 1. The Hall–Kier alpha value is 0.130. The molecule has 1 aromatic rings. The quantitative estimate of drug-likeness (QED) is 0.374. The van der Waals surface area contributed by atoms with Gasteiger partial charge in [-0.25, -0.2) is 0 Å². The number of aryl methyl sites for hydroxylation is 1. The molecule has 1 heterocycles. The van der Waals surface area contributed by atoms with Gasteiger partial charge in [0.2, 0.25) is 0 Å². The lowest BCUT2D eigenvalue weighted by molar-refractivity contribution is 0.832. The maximum atomic E-state index is 2.37. The Balaban J connectivity index is 2.91. The number of rotatable bonds is 11. The van der Waals surface area contributed by atoms with Crippen LogP contribution in [0.2, 0.25) is 0 Å². The van der Waals surface area contributed by atoms with Crippen molar-refractivity contribution in [3.8, 4) is 0 Å². The van der Waals surface area contributed by atoms with Crippen LogP contribution in [0, 0.1) is 13.8 Å². The molecule has 0 saturated heterocycles. The van der Waals surface area contributed by atoms with Crippen LogP contribution in [0.5, 0.6) is 0 Å². The molecule has 0 bridgehead atoms. The van der Waals surface area contributed by atoms with Crippen molar-refractivity contribution < 1.29 is 0 Å². The van der Waals surface area contributed by atoms with E-state index < -0.39 is 7.26 Å². The van der Waals surface area contributed by atoms with Gasteiger partial charge < -0.3 is 0 Å². The molecule has 0 nitrogen and oxygen atoms in total. The van der Waals surface area contributed by atoms with E-state index in [1.807, 2.05) is 11.3 Å². The monoisotopic (exact) mass is 327 g/mol. The Morgan fingerprint density at radius 2 is 1.33 bits per heavy atom. The molecule has 0 spiro atoms. The van der Waals surface area contributed by atoms with E-state index in [0.717, 1.165) is 0 Å². The molecule has 1 aromatic heterocycles. The molecule has 1 rings (SSSR count). The van der Waals surface area contributed by atoms with Gasteiger partial charge in [0.15, 0.2) is 0 Å². The summed E-state index contributed by atoms with van der Waals surface area (Å²) in [5.74, 6) is 0. The highest BCUT2D eigenvalue weighted by Crippen LogP contribution is 2.64. The summed E-state index contributed by atoms with van der Waals surface area (Å²) in [6.07, 6.45) is 14.5. The van der Waals surface area contributed by atoms with Crippen LogP contribution in [0.15, 0.2) is 5.38 Å². The van der Waals surface area contributed by atoms with E-state index in [-0.39, 0.29) is 0 Å². The molecule has 0 radical (unpaired) electrons. The van der Waals surface area contributed by atoms with Crippen molar-refractivity contribution in [2.24, 2.45) is 0 Å². The average molecular weight is 328 g/mol. The van der Waals surface area contributed by atoms with Crippen molar-refractivity contribution in [2.75, 3.05) is 18.5 Å². The zero-order chi connectivity index (χ0) is 15.7. The molecule has 0 amide bonds. The third-order valence-electron chi connectivity index (χ3n) is 4.82. The lowest BCUT2D eigenvalue weighted by Gasteiger charge is -2.28. The predicted octanol–water partition coefficient (Wildman–Crippen LogP) is 7.28. The molecule has 2 heteroatoms. The predicted molar refractivity (Wildman–Crippen MR) is 104 cm³/mol. The minimum absolute atomic E-state index is 0.771. The van der Waals surface area contributed by atoms with Crippen molar-refractivity contribution in [2.45, 2.75) is 79.3 Å². The molecule has 0 aromatic carbocycles. The molecule has 0 aliphatic carbocycles. The van der Waals surface area contributed by atoms with Crippen LogP contribution < -0.4 is 0 Å². The molecule has 0 unspecified atom stereocenters. The average Bonchev–Trinajstić information content (AvgIpc) is 2.80. The minimum atomic E-state index is -0.771. The molecular formula is C19H36PS+. The Kier molecular flexibility index (Phi) is 9.14. The fourth-order valence-corrected chi connectivity index (χ4v) is 9.98. The van der Waals surface area contributed by atoms with Crippen molar-refractivity contribution >= 4 is 18.6 Å². The van der Waals surface area contributed by atoms with Gasteiger partial charge in [-0.3, -0.25) is 0 Å². The number of hydrogen-bond donors (Lipinski definition) is 0. The Labute approximate surface area is 138 Å². The number of unbranched alkanes of at least 4 members (excludes halogenated alkanes) is 3. The van der Waals surface area contributed by atoms with E-state index in [1.165, 1.54) is 50.3 Å². The smallest absolute Gasteiger partial charge is 0.0937 e. The number of thiophene rings is 1. The first-order valence-corrected chi connectivity index (χ1v) is 12.4. The Morgan fingerprint density at radius 3 is 1.67 bits per heavy atom. The molecule has 0 aliphatic heterocycles. The van der Waals surface area contributed by atoms with E-state index >= 15 is 0 Å². The third kappa shape index (κ3) is 6.03. The Morgan fingerprint density at radius 1 is 0.857 bits per heavy atom. The van der Waals surface area contributed by atoms with Gasteiger partial charge in [0.05, 0.1) is 24.6 Å². The van der Waals surface area contributed by atoms with Crippen molar-refractivity contribution in [3.05, 3.63) is 21.4 Å². The largest absolute Gasteiger partial charge is 0.145 e.